The Balaban J connectivity index is 1.06. The number of aromatic nitrogens is 4. The molecule has 0 unspecified atom stereocenters. The van der Waals surface area contributed by atoms with Crippen LogP contribution in [0.4, 0.5) is 0 Å². The van der Waals surface area contributed by atoms with Gasteiger partial charge in [0, 0.05) is 60.8 Å². The van der Waals surface area contributed by atoms with Gasteiger partial charge in [-0.05, 0) is 54.6 Å². The van der Waals surface area contributed by atoms with Crippen molar-refractivity contribution in [1.29, 1.82) is 0 Å². The van der Waals surface area contributed by atoms with Crippen molar-refractivity contribution in [2.45, 2.75) is 0 Å². The largest absolute Gasteiger partial charge is 0.456 e. The van der Waals surface area contributed by atoms with Crippen LogP contribution in [0.2, 0.25) is 0 Å². The Hall–Kier alpha value is -7.05. The molecule has 0 saturated carbocycles. The van der Waals surface area contributed by atoms with Gasteiger partial charge in [-0.1, -0.05) is 97.1 Å². The molecule has 0 amide bonds. The van der Waals surface area contributed by atoms with Crippen molar-refractivity contribution in [3.8, 4) is 39.9 Å². The lowest BCUT2D eigenvalue weighted by atomic mass is 10.1. The molecule has 51 heavy (non-hydrogen) atoms. The second kappa shape index (κ2) is 10.7. The number of para-hydroxylation sites is 2. The molecule has 0 spiro atoms. The maximum absolute atomic E-state index is 6.60. The fraction of sp³-hybridized carbons (Fsp3) is 0. The number of furan rings is 2. The topological polar surface area (TPSA) is 69.9 Å². The number of nitrogens with zero attached hydrogens (tertiary/aromatic N) is 4. The SMILES string of the molecule is c1ccc(-c2nc(-c3ccccc3)nc(-c3ccc4oc5cc6c(cc5c4c3)oc3cc(-n4c5ccccc5c5ccccc54)ccc36)n2)cc1. The summed E-state index contributed by atoms with van der Waals surface area (Å²) in [5.74, 6) is 1.85. The van der Waals surface area contributed by atoms with Crippen molar-refractivity contribution in [2.24, 2.45) is 0 Å². The van der Waals surface area contributed by atoms with E-state index in [1.54, 1.807) is 0 Å². The molecule has 11 rings (SSSR count). The highest BCUT2D eigenvalue weighted by atomic mass is 16.3. The van der Waals surface area contributed by atoms with E-state index in [9.17, 15) is 0 Å². The minimum absolute atomic E-state index is 0.598. The summed E-state index contributed by atoms with van der Waals surface area (Å²) in [6, 6.07) is 53.9. The van der Waals surface area contributed by atoms with Crippen molar-refractivity contribution < 1.29 is 8.83 Å². The summed E-state index contributed by atoms with van der Waals surface area (Å²) in [5, 5.41) is 6.47. The molecule has 0 aliphatic carbocycles. The van der Waals surface area contributed by atoms with Crippen LogP contribution < -0.4 is 0 Å². The van der Waals surface area contributed by atoms with Gasteiger partial charge in [-0.2, -0.15) is 0 Å². The van der Waals surface area contributed by atoms with Crippen molar-refractivity contribution in [2.75, 3.05) is 0 Å². The van der Waals surface area contributed by atoms with Crippen LogP contribution in [0.5, 0.6) is 0 Å². The van der Waals surface area contributed by atoms with Crippen molar-refractivity contribution >= 4 is 65.7 Å². The molecule has 4 aromatic heterocycles. The molecule has 0 aliphatic heterocycles. The van der Waals surface area contributed by atoms with Crippen LogP contribution in [-0.2, 0) is 0 Å². The molecule has 0 radical (unpaired) electrons. The fourth-order valence-electron chi connectivity index (χ4n) is 7.45. The van der Waals surface area contributed by atoms with E-state index in [2.05, 4.69) is 89.5 Å². The Morgan fingerprint density at radius 2 is 0.824 bits per heavy atom. The second-order valence-electron chi connectivity index (χ2n) is 12.8. The molecule has 11 aromatic rings. The monoisotopic (exact) mass is 654 g/mol. The van der Waals surface area contributed by atoms with Crippen LogP contribution in [0.3, 0.4) is 0 Å². The molecule has 0 N–H and O–H groups in total. The Bertz CT molecular complexity index is 3030. The Labute approximate surface area is 290 Å². The maximum Gasteiger partial charge on any atom is 0.164 e. The van der Waals surface area contributed by atoms with Crippen molar-refractivity contribution in [1.82, 2.24) is 19.5 Å². The van der Waals surface area contributed by atoms with E-state index in [-0.39, 0.29) is 0 Å². The van der Waals surface area contributed by atoms with Gasteiger partial charge in [0.05, 0.1) is 11.0 Å². The van der Waals surface area contributed by atoms with Gasteiger partial charge >= 0.3 is 0 Å². The zero-order valence-corrected chi connectivity index (χ0v) is 27.1. The number of hydrogen-bond acceptors (Lipinski definition) is 5. The summed E-state index contributed by atoms with van der Waals surface area (Å²) < 4.78 is 15.3. The smallest absolute Gasteiger partial charge is 0.164 e. The summed E-state index contributed by atoms with van der Waals surface area (Å²) in [5.41, 5.74) is 9.36. The van der Waals surface area contributed by atoms with Gasteiger partial charge in [0.2, 0.25) is 0 Å². The van der Waals surface area contributed by atoms with Gasteiger partial charge in [-0.25, -0.2) is 15.0 Å². The van der Waals surface area contributed by atoms with E-state index in [0.29, 0.717) is 17.5 Å². The van der Waals surface area contributed by atoms with Crippen LogP contribution in [0.25, 0.3) is 106 Å². The third kappa shape index (κ3) is 4.33. The summed E-state index contributed by atoms with van der Waals surface area (Å²) in [7, 11) is 0. The predicted octanol–water partition coefficient (Wildman–Crippen LogP) is 11.8. The average molecular weight is 655 g/mol. The third-order valence-electron chi connectivity index (χ3n) is 9.84. The molecule has 4 heterocycles. The highest BCUT2D eigenvalue weighted by Crippen LogP contribution is 2.40. The molecule has 0 atom stereocenters. The van der Waals surface area contributed by atoms with Gasteiger partial charge in [0.25, 0.3) is 0 Å². The first kappa shape index (κ1) is 27.9. The van der Waals surface area contributed by atoms with E-state index in [4.69, 9.17) is 23.8 Å². The van der Waals surface area contributed by atoms with Gasteiger partial charge in [0.15, 0.2) is 17.5 Å². The van der Waals surface area contributed by atoms with E-state index >= 15 is 0 Å². The van der Waals surface area contributed by atoms with Crippen LogP contribution >= 0.6 is 0 Å². The molecule has 0 aliphatic rings. The molecule has 0 fully saturated rings. The van der Waals surface area contributed by atoms with E-state index < -0.39 is 0 Å². The molecule has 6 heteroatoms. The Morgan fingerprint density at radius 3 is 1.45 bits per heavy atom. The zero-order valence-electron chi connectivity index (χ0n) is 27.1. The third-order valence-corrected chi connectivity index (χ3v) is 9.84. The molecular formula is C45H26N4O2. The Kier molecular flexibility index (Phi) is 5.86. The number of fused-ring (bicyclic) bond motifs is 9. The lowest BCUT2D eigenvalue weighted by Gasteiger charge is -2.08. The number of rotatable bonds is 4. The standard InChI is InChI=1S/C45H26N4O2/c1-3-11-27(12-4-1)43-46-44(28-13-5-2-6-14-28)48-45(47-43)29-19-22-39-34(23-29)36-26-41-35(25-42(36)50-39)33-21-20-30(24-40(33)51-41)49-37-17-9-7-15-31(37)32-16-8-10-18-38(32)49/h1-26H. The number of hydrogen-bond donors (Lipinski definition) is 0. The quantitative estimate of drug-likeness (QED) is 0.189. The lowest BCUT2D eigenvalue weighted by Crippen LogP contribution is -2.00. The highest BCUT2D eigenvalue weighted by molar-refractivity contribution is 6.16. The van der Waals surface area contributed by atoms with Crippen LogP contribution in [0.15, 0.2) is 167 Å². The highest BCUT2D eigenvalue weighted by Gasteiger charge is 2.18. The maximum atomic E-state index is 6.60. The minimum atomic E-state index is 0.598. The molecule has 7 aromatic carbocycles. The first-order valence-corrected chi connectivity index (χ1v) is 16.9. The molecular weight excluding hydrogens is 629 g/mol. The van der Waals surface area contributed by atoms with Gasteiger partial charge in [0.1, 0.15) is 22.3 Å². The minimum Gasteiger partial charge on any atom is -0.456 e. The molecule has 0 bridgehead atoms. The number of benzene rings is 7. The zero-order chi connectivity index (χ0) is 33.5. The van der Waals surface area contributed by atoms with Crippen molar-refractivity contribution in [3.05, 3.63) is 158 Å². The summed E-state index contributed by atoms with van der Waals surface area (Å²) in [6.45, 7) is 0. The fourth-order valence-corrected chi connectivity index (χ4v) is 7.45. The van der Waals surface area contributed by atoms with Gasteiger partial charge in [-0.15, -0.1) is 0 Å². The summed E-state index contributed by atoms with van der Waals surface area (Å²) in [6.07, 6.45) is 0. The van der Waals surface area contributed by atoms with Gasteiger partial charge < -0.3 is 13.4 Å². The first-order valence-electron chi connectivity index (χ1n) is 16.9. The Morgan fingerprint density at radius 1 is 0.333 bits per heavy atom. The summed E-state index contributed by atoms with van der Waals surface area (Å²) >= 11 is 0. The van der Waals surface area contributed by atoms with E-state index in [0.717, 1.165) is 66.3 Å². The average Bonchev–Trinajstić information content (AvgIpc) is 3.85. The molecule has 0 saturated heterocycles. The normalized spacial score (nSPS) is 11.9. The summed E-state index contributed by atoms with van der Waals surface area (Å²) in [4.78, 5) is 14.7. The van der Waals surface area contributed by atoms with Gasteiger partial charge in [-0.3, -0.25) is 0 Å². The molecule has 6 nitrogen and oxygen atoms in total. The van der Waals surface area contributed by atoms with Crippen molar-refractivity contribution in [3.63, 3.8) is 0 Å². The van der Waals surface area contributed by atoms with E-state index in [1.165, 1.54) is 21.8 Å². The predicted molar refractivity (Wildman–Crippen MR) is 205 cm³/mol. The van der Waals surface area contributed by atoms with Crippen LogP contribution in [-0.4, -0.2) is 19.5 Å². The second-order valence-corrected chi connectivity index (χ2v) is 12.8. The lowest BCUT2D eigenvalue weighted by molar-refractivity contribution is 0.664. The first-order chi connectivity index (χ1) is 25.2. The van der Waals surface area contributed by atoms with Crippen LogP contribution in [0.1, 0.15) is 0 Å². The molecule has 238 valence electrons. The van der Waals surface area contributed by atoms with E-state index in [1.807, 2.05) is 72.8 Å². The van der Waals surface area contributed by atoms with Crippen LogP contribution in [0, 0.1) is 0 Å².